The molecule has 0 aliphatic heterocycles. The van der Waals surface area contributed by atoms with E-state index in [2.05, 4.69) is 36.4 Å². The summed E-state index contributed by atoms with van der Waals surface area (Å²) in [6, 6.07) is 18.5. The highest BCUT2D eigenvalue weighted by Crippen LogP contribution is 2.39. The number of ether oxygens (including phenoxy) is 1. The highest BCUT2D eigenvalue weighted by molar-refractivity contribution is 6.30. The van der Waals surface area contributed by atoms with Gasteiger partial charge in [0, 0.05) is 17.0 Å². The molecule has 2 nitrogen and oxygen atoms in total. The fourth-order valence-corrected chi connectivity index (χ4v) is 3.79. The number of nitrogens with two attached hydrogens (primary N) is 1. The van der Waals surface area contributed by atoms with Crippen molar-refractivity contribution >= 4 is 17.7 Å². The van der Waals surface area contributed by atoms with Crippen LogP contribution in [0.15, 0.2) is 60.7 Å². The van der Waals surface area contributed by atoms with Gasteiger partial charge in [0.25, 0.3) is 0 Å². The van der Waals surface area contributed by atoms with Gasteiger partial charge in [-0.05, 0) is 48.9 Å². The maximum absolute atomic E-state index is 6.15. The van der Waals surface area contributed by atoms with Gasteiger partial charge in [-0.15, -0.1) is 0 Å². The van der Waals surface area contributed by atoms with Crippen LogP contribution in [0.4, 0.5) is 0 Å². The van der Waals surface area contributed by atoms with E-state index in [1.165, 1.54) is 11.1 Å². The van der Waals surface area contributed by atoms with E-state index in [1.807, 2.05) is 30.3 Å². The SMILES string of the molecule is NCC1(c2ccc(Cl)cc2)CCC(OCC=Cc2ccccc2)CC1. The highest BCUT2D eigenvalue weighted by atomic mass is 35.5. The topological polar surface area (TPSA) is 35.2 Å². The van der Waals surface area contributed by atoms with Crippen molar-refractivity contribution < 1.29 is 4.74 Å². The van der Waals surface area contributed by atoms with E-state index in [0.29, 0.717) is 19.3 Å². The highest BCUT2D eigenvalue weighted by Gasteiger charge is 2.35. The van der Waals surface area contributed by atoms with Crippen LogP contribution in [0, 0.1) is 0 Å². The fourth-order valence-electron chi connectivity index (χ4n) is 3.66. The molecular formula is C22H26ClNO. The summed E-state index contributed by atoms with van der Waals surface area (Å²) >= 11 is 6.02. The van der Waals surface area contributed by atoms with E-state index in [1.54, 1.807) is 0 Å². The molecule has 0 spiro atoms. The summed E-state index contributed by atoms with van der Waals surface area (Å²) in [6.45, 7) is 1.34. The number of hydrogen-bond acceptors (Lipinski definition) is 2. The molecule has 1 aliphatic rings. The standard InChI is InChI=1S/C22H26ClNO/c23-20-10-8-19(9-11-20)22(17-24)14-12-21(13-15-22)25-16-4-7-18-5-2-1-3-6-18/h1-11,21H,12-17,24H2. The molecule has 0 atom stereocenters. The second kappa shape index (κ2) is 8.66. The van der Waals surface area contributed by atoms with Gasteiger partial charge in [-0.2, -0.15) is 0 Å². The zero-order valence-electron chi connectivity index (χ0n) is 14.5. The van der Waals surface area contributed by atoms with Gasteiger partial charge in [0.1, 0.15) is 0 Å². The molecule has 132 valence electrons. The predicted octanol–water partition coefficient (Wildman–Crippen LogP) is 5.21. The molecule has 3 heteroatoms. The second-order valence-electron chi connectivity index (χ2n) is 6.84. The summed E-state index contributed by atoms with van der Waals surface area (Å²) in [5.74, 6) is 0. The van der Waals surface area contributed by atoms with Crippen molar-refractivity contribution in [1.29, 1.82) is 0 Å². The quantitative estimate of drug-likeness (QED) is 0.772. The van der Waals surface area contributed by atoms with E-state index in [4.69, 9.17) is 22.1 Å². The Morgan fingerprint density at radius 1 is 1.04 bits per heavy atom. The molecule has 1 aliphatic carbocycles. The van der Waals surface area contributed by atoms with Crippen molar-refractivity contribution in [3.63, 3.8) is 0 Å². The zero-order valence-corrected chi connectivity index (χ0v) is 15.3. The molecular weight excluding hydrogens is 330 g/mol. The molecule has 2 aromatic carbocycles. The van der Waals surface area contributed by atoms with Gasteiger partial charge < -0.3 is 10.5 Å². The summed E-state index contributed by atoms with van der Waals surface area (Å²) in [5, 5.41) is 0.776. The minimum atomic E-state index is 0.0737. The van der Waals surface area contributed by atoms with E-state index < -0.39 is 0 Å². The second-order valence-corrected chi connectivity index (χ2v) is 7.27. The van der Waals surface area contributed by atoms with Gasteiger partial charge in [0.15, 0.2) is 0 Å². The third-order valence-electron chi connectivity index (χ3n) is 5.28. The first-order chi connectivity index (χ1) is 12.2. The molecule has 25 heavy (non-hydrogen) atoms. The number of benzene rings is 2. The Labute approximate surface area is 155 Å². The molecule has 2 N–H and O–H groups in total. The fraction of sp³-hybridized carbons (Fsp3) is 0.364. The van der Waals surface area contributed by atoms with E-state index >= 15 is 0 Å². The van der Waals surface area contributed by atoms with Crippen LogP contribution in [0.1, 0.15) is 36.8 Å². The van der Waals surface area contributed by atoms with Crippen LogP contribution in [0.25, 0.3) is 6.08 Å². The zero-order chi connectivity index (χ0) is 17.5. The van der Waals surface area contributed by atoms with Gasteiger partial charge in [-0.25, -0.2) is 0 Å². The van der Waals surface area contributed by atoms with E-state index in [0.717, 1.165) is 30.7 Å². The molecule has 0 bridgehead atoms. The minimum absolute atomic E-state index is 0.0737. The van der Waals surface area contributed by atoms with Crippen LogP contribution < -0.4 is 5.73 Å². The van der Waals surface area contributed by atoms with E-state index in [9.17, 15) is 0 Å². The first kappa shape index (κ1) is 18.2. The lowest BCUT2D eigenvalue weighted by atomic mass is 9.69. The van der Waals surface area contributed by atoms with Crippen molar-refractivity contribution in [2.24, 2.45) is 5.73 Å². The monoisotopic (exact) mass is 355 g/mol. The number of hydrogen-bond donors (Lipinski definition) is 1. The average Bonchev–Trinajstić information content (AvgIpc) is 2.67. The Kier molecular flexibility index (Phi) is 6.30. The van der Waals surface area contributed by atoms with Crippen LogP contribution in [0.2, 0.25) is 5.02 Å². The van der Waals surface area contributed by atoms with Gasteiger partial charge in [0.05, 0.1) is 12.7 Å². The van der Waals surface area contributed by atoms with Crippen LogP contribution in [0.5, 0.6) is 0 Å². The number of halogens is 1. The lowest BCUT2D eigenvalue weighted by Crippen LogP contribution is -2.40. The van der Waals surface area contributed by atoms with Crippen molar-refractivity contribution in [3.05, 3.63) is 76.8 Å². The molecule has 1 fully saturated rings. The maximum Gasteiger partial charge on any atom is 0.0654 e. The summed E-state index contributed by atoms with van der Waals surface area (Å²) in [4.78, 5) is 0. The first-order valence-corrected chi connectivity index (χ1v) is 9.39. The van der Waals surface area contributed by atoms with Crippen LogP contribution in [-0.4, -0.2) is 19.3 Å². The lowest BCUT2D eigenvalue weighted by molar-refractivity contribution is 0.0290. The van der Waals surface area contributed by atoms with Crippen LogP contribution in [0.3, 0.4) is 0 Å². The molecule has 0 amide bonds. The van der Waals surface area contributed by atoms with Crippen molar-refractivity contribution in [2.75, 3.05) is 13.2 Å². The lowest BCUT2D eigenvalue weighted by Gasteiger charge is -2.39. The normalized spacial score (nSPS) is 23.8. The van der Waals surface area contributed by atoms with Crippen molar-refractivity contribution in [2.45, 2.75) is 37.2 Å². The number of rotatable bonds is 6. The summed E-state index contributed by atoms with van der Waals surface area (Å²) < 4.78 is 6.05. The Hall–Kier alpha value is -1.61. The van der Waals surface area contributed by atoms with Gasteiger partial charge in [-0.1, -0.05) is 66.2 Å². The molecule has 0 radical (unpaired) electrons. The Bertz CT molecular complexity index is 673. The van der Waals surface area contributed by atoms with Crippen LogP contribution >= 0.6 is 11.6 Å². The third-order valence-corrected chi connectivity index (χ3v) is 5.53. The van der Waals surface area contributed by atoms with Crippen molar-refractivity contribution in [3.8, 4) is 0 Å². The molecule has 0 aromatic heterocycles. The molecule has 0 saturated heterocycles. The molecule has 1 saturated carbocycles. The first-order valence-electron chi connectivity index (χ1n) is 9.01. The van der Waals surface area contributed by atoms with E-state index in [-0.39, 0.29) is 5.41 Å². The summed E-state index contributed by atoms with van der Waals surface area (Å²) in [7, 11) is 0. The smallest absolute Gasteiger partial charge is 0.0654 e. The molecule has 2 aromatic rings. The average molecular weight is 356 g/mol. The Morgan fingerprint density at radius 2 is 1.72 bits per heavy atom. The Morgan fingerprint density at radius 3 is 2.36 bits per heavy atom. The Balaban J connectivity index is 1.50. The van der Waals surface area contributed by atoms with Gasteiger partial charge >= 0.3 is 0 Å². The predicted molar refractivity (Wildman–Crippen MR) is 106 cm³/mol. The van der Waals surface area contributed by atoms with Gasteiger partial charge in [0.2, 0.25) is 0 Å². The molecule has 0 unspecified atom stereocenters. The van der Waals surface area contributed by atoms with Crippen LogP contribution in [-0.2, 0) is 10.2 Å². The largest absolute Gasteiger partial charge is 0.374 e. The maximum atomic E-state index is 6.15. The minimum Gasteiger partial charge on any atom is -0.374 e. The summed E-state index contributed by atoms with van der Waals surface area (Å²) in [5.41, 5.74) is 8.74. The molecule has 3 rings (SSSR count). The molecule has 0 heterocycles. The van der Waals surface area contributed by atoms with Gasteiger partial charge in [-0.3, -0.25) is 0 Å². The van der Waals surface area contributed by atoms with Crippen molar-refractivity contribution in [1.82, 2.24) is 0 Å². The third kappa shape index (κ3) is 4.72. The summed E-state index contributed by atoms with van der Waals surface area (Å²) in [6.07, 6.45) is 8.78.